The Labute approximate surface area is 84.5 Å². The van der Waals surface area contributed by atoms with Crippen molar-refractivity contribution in [2.75, 3.05) is 12.4 Å². The number of carbonyl (C=O) groups excluding carboxylic acids is 1. The van der Waals surface area contributed by atoms with Crippen molar-refractivity contribution in [1.82, 2.24) is 5.32 Å². The minimum atomic E-state index is 0.472. The van der Waals surface area contributed by atoms with Crippen LogP contribution in [-0.4, -0.2) is 19.5 Å². The van der Waals surface area contributed by atoms with Crippen LogP contribution < -0.4 is 10.6 Å². The lowest BCUT2D eigenvalue weighted by Crippen LogP contribution is -2.23. The standard InChI is InChI=1S/C11H16N2O/c1-9(12-2)7-10-3-5-11(6-4-10)13-8-14/h3-6,8-9,12H,7H2,1-2H3,(H,13,14). The van der Waals surface area contributed by atoms with E-state index < -0.39 is 0 Å². The van der Waals surface area contributed by atoms with Gasteiger partial charge in [-0.1, -0.05) is 12.1 Å². The molecule has 3 heteroatoms. The van der Waals surface area contributed by atoms with Crippen molar-refractivity contribution < 1.29 is 4.79 Å². The molecule has 0 bridgehead atoms. The number of hydrogen-bond donors (Lipinski definition) is 2. The molecule has 0 heterocycles. The molecule has 0 aliphatic heterocycles. The van der Waals surface area contributed by atoms with Crippen LogP contribution in [-0.2, 0) is 11.2 Å². The fourth-order valence-corrected chi connectivity index (χ4v) is 1.26. The molecular weight excluding hydrogens is 176 g/mol. The lowest BCUT2D eigenvalue weighted by Gasteiger charge is -2.10. The van der Waals surface area contributed by atoms with Crippen molar-refractivity contribution in [2.24, 2.45) is 0 Å². The molecule has 0 aliphatic carbocycles. The van der Waals surface area contributed by atoms with Crippen LogP contribution in [0.1, 0.15) is 12.5 Å². The van der Waals surface area contributed by atoms with Crippen molar-refractivity contribution in [2.45, 2.75) is 19.4 Å². The van der Waals surface area contributed by atoms with Crippen LogP contribution in [0.5, 0.6) is 0 Å². The highest BCUT2D eigenvalue weighted by Crippen LogP contribution is 2.10. The average molecular weight is 192 g/mol. The molecule has 0 saturated carbocycles. The molecule has 1 atom stereocenters. The summed E-state index contributed by atoms with van der Waals surface area (Å²) in [6.07, 6.45) is 1.68. The second-order valence-corrected chi connectivity index (χ2v) is 3.35. The minimum Gasteiger partial charge on any atom is -0.329 e. The lowest BCUT2D eigenvalue weighted by atomic mass is 10.1. The molecule has 0 fully saturated rings. The van der Waals surface area contributed by atoms with Crippen LogP contribution in [0.25, 0.3) is 0 Å². The van der Waals surface area contributed by atoms with E-state index in [0.717, 1.165) is 12.1 Å². The lowest BCUT2D eigenvalue weighted by molar-refractivity contribution is -0.105. The molecule has 0 aromatic heterocycles. The van der Waals surface area contributed by atoms with Crippen molar-refractivity contribution in [3.63, 3.8) is 0 Å². The summed E-state index contributed by atoms with van der Waals surface area (Å²) in [5, 5.41) is 5.79. The number of likely N-dealkylation sites (N-methyl/N-ethyl adjacent to an activating group) is 1. The van der Waals surface area contributed by atoms with E-state index in [2.05, 4.69) is 17.6 Å². The summed E-state index contributed by atoms with van der Waals surface area (Å²) < 4.78 is 0. The molecule has 14 heavy (non-hydrogen) atoms. The molecule has 76 valence electrons. The molecule has 0 aliphatic rings. The Bertz CT molecular complexity index is 282. The van der Waals surface area contributed by atoms with Gasteiger partial charge in [-0.2, -0.15) is 0 Å². The molecule has 3 nitrogen and oxygen atoms in total. The smallest absolute Gasteiger partial charge is 0.211 e. The van der Waals surface area contributed by atoms with Crippen molar-refractivity contribution in [1.29, 1.82) is 0 Å². The highest BCUT2D eigenvalue weighted by atomic mass is 16.1. The van der Waals surface area contributed by atoms with Crippen LogP contribution >= 0.6 is 0 Å². The molecule has 0 radical (unpaired) electrons. The van der Waals surface area contributed by atoms with Gasteiger partial charge in [0.1, 0.15) is 0 Å². The zero-order valence-corrected chi connectivity index (χ0v) is 8.58. The second-order valence-electron chi connectivity index (χ2n) is 3.35. The Balaban J connectivity index is 2.59. The highest BCUT2D eigenvalue weighted by molar-refractivity contribution is 5.71. The Kier molecular flexibility index (Phi) is 4.13. The Morgan fingerprint density at radius 2 is 2.00 bits per heavy atom. The summed E-state index contributed by atoms with van der Waals surface area (Å²) in [4.78, 5) is 10.2. The Hall–Kier alpha value is -1.35. The predicted octanol–water partition coefficient (Wildman–Crippen LogP) is 1.41. The third-order valence-electron chi connectivity index (χ3n) is 2.21. The van der Waals surface area contributed by atoms with Crippen molar-refractivity contribution in [3.05, 3.63) is 29.8 Å². The first kappa shape index (κ1) is 10.7. The quantitative estimate of drug-likeness (QED) is 0.692. The van der Waals surface area contributed by atoms with E-state index in [4.69, 9.17) is 0 Å². The first-order valence-electron chi connectivity index (χ1n) is 4.72. The molecule has 1 unspecified atom stereocenters. The minimum absolute atomic E-state index is 0.472. The number of carbonyl (C=O) groups is 1. The maximum atomic E-state index is 10.2. The molecule has 1 amide bonds. The Morgan fingerprint density at radius 1 is 1.36 bits per heavy atom. The summed E-state index contributed by atoms with van der Waals surface area (Å²) in [6, 6.07) is 8.34. The molecule has 0 spiro atoms. The van der Waals surface area contributed by atoms with E-state index in [1.807, 2.05) is 31.3 Å². The van der Waals surface area contributed by atoms with Crippen LogP contribution in [0, 0.1) is 0 Å². The van der Waals surface area contributed by atoms with Gasteiger partial charge in [-0.05, 0) is 38.1 Å². The van der Waals surface area contributed by atoms with Gasteiger partial charge in [-0.25, -0.2) is 0 Å². The van der Waals surface area contributed by atoms with Gasteiger partial charge >= 0.3 is 0 Å². The fourth-order valence-electron chi connectivity index (χ4n) is 1.26. The summed E-state index contributed by atoms with van der Waals surface area (Å²) in [5.74, 6) is 0. The number of rotatable bonds is 5. The molecular formula is C11H16N2O. The maximum absolute atomic E-state index is 10.2. The molecule has 1 aromatic rings. The number of anilines is 1. The number of amides is 1. The van der Waals surface area contributed by atoms with Crippen molar-refractivity contribution >= 4 is 12.1 Å². The van der Waals surface area contributed by atoms with E-state index in [9.17, 15) is 4.79 Å². The highest BCUT2D eigenvalue weighted by Gasteiger charge is 1.99. The van der Waals surface area contributed by atoms with E-state index in [0.29, 0.717) is 12.5 Å². The van der Waals surface area contributed by atoms with Gasteiger partial charge in [-0.3, -0.25) is 4.79 Å². The summed E-state index contributed by atoms with van der Waals surface area (Å²) in [7, 11) is 1.95. The van der Waals surface area contributed by atoms with Gasteiger partial charge in [0, 0.05) is 11.7 Å². The normalized spacial score (nSPS) is 12.1. The van der Waals surface area contributed by atoms with Gasteiger partial charge < -0.3 is 10.6 Å². The predicted molar refractivity (Wildman–Crippen MR) is 58.4 cm³/mol. The average Bonchev–Trinajstić information content (AvgIpc) is 2.21. The van der Waals surface area contributed by atoms with E-state index in [1.165, 1.54) is 5.56 Å². The van der Waals surface area contributed by atoms with Gasteiger partial charge in [0.2, 0.25) is 6.41 Å². The van der Waals surface area contributed by atoms with Crippen LogP contribution in [0.4, 0.5) is 5.69 Å². The van der Waals surface area contributed by atoms with Gasteiger partial charge in [0.15, 0.2) is 0 Å². The SMILES string of the molecule is CNC(C)Cc1ccc(NC=O)cc1. The molecule has 0 saturated heterocycles. The zero-order chi connectivity index (χ0) is 10.4. The first-order chi connectivity index (χ1) is 6.76. The molecule has 2 N–H and O–H groups in total. The number of benzene rings is 1. The molecule has 1 rings (SSSR count). The topological polar surface area (TPSA) is 41.1 Å². The third kappa shape index (κ3) is 3.18. The van der Waals surface area contributed by atoms with E-state index in [1.54, 1.807) is 0 Å². The summed E-state index contributed by atoms with van der Waals surface area (Å²) in [5.41, 5.74) is 2.10. The van der Waals surface area contributed by atoms with Crippen molar-refractivity contribution in [3.8, 4) is 0 Å². The molecule has 1 aromatic carbocycles. The van der Waals surface area contributed by atoms with Gasteiger partial charge in [0.05, 0.1) is 0 Å². The number of hydrogen-bond acceptors (Lipinski definition) is 2. The maximum Gasteiger partial charge on any atom is 0.211 e. The third-order valence-corrected chi connectivity index (χ3v) is 2.21. The van der Waals surface area contributed by atoms with Crippen LogP contribution in [0.3, 0.4) is 0 Å². The monoisotopic (exact) mass is 192 g/mol. The first-order valence-corrected chi connectivity index (χ1v) is 4.72. The largest absolute Gasteiger partial charge is 0.329 e. The number of nitrogens with one attached hydrogen (secondary N) is 2. The Morgan fingerprint density at radius 3 is 2.50 bits per heavy atom. The van der Waals surface area contributed by atoms with Gasteiger partial charge in [0.25, 0.3) is 0 Å². The fraction of sp³-hybridized carbons (Fsp3) is 0.364. The van der Waals surface area contributed by atoms with Gasteiger partial charge in [-0.15, -0.1) is 0 Å². The summed E-state index contributed by atoms with van der Waals surface area (Å²) >= 11 is 0. The zero-order valence-electron chi connectivity index (χ0n) is 8.58. The van der Waals surface area contributed by atoms with E-state index >= 15 is 0 Å². The van der Waals surface area contributed by atoms with Crippen LogP contribution in [0.2, 0.25) is 0 Å². The van der Waals surface area contributed by atoms with Crippen LogP contribution in [0.15, 0.2) is 24.3 Å². The second kappa shape index (κ2) is 5.40. The summed E-state index contributed by atoms with van der Waals surface area (Å²) in [6.45, 7) is 2.14. The van der Waals surface area contributed by atoms with E-state index in [-0.39, 0.29) is 0 Å².